The summed E-state index contributed by atoms with van der Waals surface area (Å²) in [6, 6.07) is 0. The van der Waals surface area contributed by atoms with Crippen LogP contribution in [0.4, 0.5) is 0 Å². The SMILES string of the molecule is CC1=CN(C2CC3CCN2C3)CO1. The fourth-order valence-electron chi connectivity index (χ4n) is 2.77. The van der Waals surface area contributed by atoms with Gasteiger partial charge in [-0.3, -0.25) is 4.90 Å². The minimum absolute atomic E-state index is 0.635. The van der Waals surface area contributed by atoms with E-state index in [4.69, 9.17) is 4.74 Å². The summed E-state index contributed by atoms with van der Waals surface area (Å²) >= 11 is 0. The summed E-state index contributed by atoms with van der Waals surface area (Å²) in [5.41, 5.74) is 0. The number of nitrogens with zero attached hydrogens (tertiary/aromatic N) is 2. The van der Waals surface area contributed by atoms with Gasteiger partial charge >= 0.3 is 0 Å². The molecule has 0 aliphatic carbocycles. The van der Waals surface area contributed by atoms with Crippen molar-refractivity contribution in [2.45, 2.75) is 25.9 Å². The zero-order valence-corrected chi connectivity index (χ0v) is 8.07. The zero-order valence-electron chi connectivity index (χ0n) is 8.07. The Morgan fingerprint density at radius 1 is 1.54 bits per heavy atom. The molecule has 13 heavy (non-hydrogen) atoms. The first-order valence-corrected chi connectivity index (χ1v) is 5.14. The Morgan fingerprint density at radius 3 is 3.00 bits per heavy atom. The van der Waals surface area contributed by atoms with Crippen molar-refractivity contribution in [3.63, 3.8) is 0 Å². The van der Waals surface area contributed by atoms with Gasteiger partial charge in [0, 0.05) is 19.3 Å². The van der Waals surface area contributed by atoms with Crippen molar-refractivity contribution in [2.24, 2.45) is 5.92 Å². The Morgan fingerprint density at radius 2 is 2.46 bits per heavy atom. The molecular formula is C10H16N2O. The number of ether oxygens (including phenoxy) is 1. The first-order valence-electron chi connectivity index (χ1n) is 5.14. The van der Waals surface area contributed by atoms with Crippen molar-refractivity contribution < 1.29 is 4.74 Å². The van der Waals surface area contributed by atoms with Gasteiger partial charge < -0.3 is 9.64 Å². The predicted octanol–water partition coefficient (Wildman–Crippen LogP) is 1.19. The largest absolute Gasteiger partial charge is 0.476 e. The Bertz CT molecular complexity index is 251. The smallest absolute Gasteiger partial charge is 0.161 e. The third-order valence-corrected chi connectivity index (χ3v) is 3.45. The van der Waals surface area contributed by atoms with Crippen molar-refractivity contribution >= 4 is 0 Å². The summed E-state index contributed by atoms with van der Waals surface area (Å²) in [7, 11) is 0. The molecule has 2 bridgehead atoms. The quantitative estimate of drug-likeness (QED) is 0.603. The maximum Gasteiger partial charge on any atom is 0.161 e. The van der Waals surface area contributed by atoms with E-state index < -0.39 is 0 Å². The van der Waals surface area contributed by atoms with E-state index in [-0.39, 0.29) is 0 Å². The molecule has 0 radical (unpaired) electrons. The molecule has 3 aliphatic heterocycles. The Hall–Kier alpha value is -0.700. The average Bonchev–Trinajstić information content (AvgIpc) is 2.77. The Labute approximate surface area is 78.9 Å². The third kappa shape index (κ3) is 1.14. The standard InChI is InChI=1S/C10H16N2O/c1-8-5-12(7-13-8)10-4-9-2-3-11(10)6-9/h5,9-10H,2-4,6-7H2,1H3. The minimum atomic E-state index is 0.635. The molecule has 3 unspecified atom stereocenters. The van der Waals surface area contributed by atoms with E-state index in [2.05, 4.69) is 16.0 Å². The molecule has 2 fully saturated rings. The molecule has 0 saturated carbocycles. The van der Waals surface area contributed by atoms with Gasteiger partial charge in [0.1, 0.15) is 5.76 Å². The monoisotopic (exact) mass is 180 g/mol. The second kappa shape index (κ2) is 2.64. The van der Waals surface area contributed by atoms with Gasteiger partial charge in [0.2, 0.25) is 0 Å². The number of piperidine rings is 1. The molecule has 3 rings (SSSR count). The van der Waals surface area contributed by atoms with Crippen molar-refractivity contribution in [1.82, 2.24) is 9.80 Å². The molecule has 3 heteroatoms. The molecule has 0 spiro atoms. The summed E-state index contributed by atoms with van der Waals surface area (Å²) < 4.78 is 5.45. The van der Waals surface area contributed by atoms with Crippen LogP contribution in [-0.4, -0.2) is 35.8 Å². The summed E-state index contributed by atoms with van der Waals surface area (Å²) in [6.07, 6.45) is 5.54. The lowest BCUT2D eigenvalue weighted by atomic mass is 10.0. The van der Waals surface area contributed by atoms with Gasteiger partial charge in [-0.1, -0.05) is 0 Å². The molecule has 0 aromatic heterocycles. The highest BCUT2D eigenvalue weighted by Crippen LogP contribution is 2.35. The topological polar surface area (TPSA) is 15.7 Å². The number of allylic oxidation sites excluding steroid dienone is 1. The third-order valence-electron chi connectivity index (χ3n) is 3.45. The maximum absolute atomic E-state index is 5.45. The lowest BCUT2D eigenvalue weighted by molar-refractivity contribution is 0.0542. The molecule has 0 aromatic carbocycles. The summed E-state index contributed by atoms with van der Waals surface area (Å²) in [5.74, 6) is 2.02. The van der Waals surface area contributed by atoms with E-state index in [1.165, 1.54) is 25.9 Å². The van der Waals surface area contributed by atoms with Crippen molar-refractivity contribution in [3.05, 3.63) is 12.0 Å². The van der Waals surface area contributed by atoms with Gasteiger partial charge in [-0.2, -0.15) is 0 Å². The second-order valence-corrected chi connectivity index (χ2v) is 4.39. The molecule has 3 heterocycles. The fraction of sp³-hybridized carbons (Fsp3) is 0.800. The highest BCUT2D eigenvalue weighted by molar-refractivity contribution is 5.00. The van der Waals surface area contributed by atoms with Crippen LogP contribution in [-0.2, 0) is 4.74 Å². The molecule has 2 saturated heterocycles. The van der Waals surface area contributed by atoms with Gasteiger partial charge in [-0.15, -0.1) is 0 Å². The van der Waals surface area contributed by atoms with E-state index in [1.54, 1.807) is 0 Å². The molecule has 72 valence electrons. The number of fused-ring (bicyclic) bond motifs is 2. The first kappa shape index (κ1) is 7.68. The van der Waals surface area contributed by atoms with Gasteiger partial charge in [0.25, 0.3) is 0 Å². The normalized spacial score (nSPS) is 42.4. The summed E-state index contributed by atoms with van der Waals surface area (Å²) in [5, 5.41) is 0. The van der Waals surface area contributed by atoms with Crippen LogP contribution in [0.3, 0.4) is 0 Å². The molecule has 3 atom stereocenters. The number of rotatable bonds is 1. The van der Waals surface area contributed by atoms with Crippen molar-refractivity contribution in [1.29, 1.82) is 0 Å². The van der Waals surface area contributed by atoms with Crippen LogP contribution < -0.4 is 0 Å². The zero-order chi connectivity index (χ0) is 8.84. The van der Waals surface area contributed by atoms with Crippen LogP contribution in [0.5, 0.6) is 0 Å². The number of hydrogen-bond donors (Lipinski definition) is 0. The molecular weight excluding hydrogens is 164 g/mol. The predicted molar refractivity (Wildman–Crippen MR) is 49.6 cm³/mol. The van der Waals surface area contributed by atoms with Crippen LogP contribution in [0.15, 0.2) is 12.0 Å². The minimum Gasteiger partial charge on any atom is -0.476 e. The van der Waals surface area contributed by atoms with Gasteiger partial charge in [-0.25, -0.2) is 0 Å². The van der Waals surface area contributed by atoms with Crippen LogP contribution in [0, 0.1) is 5.92 Å². The van der Waals surface area contributed by atoms with Crippen LogP contribution >= 0.6 is 0 Å². The summed E-state index contributed by atoms with van der Waals surface area (Å²) in [4.78, 5) is 4.93. The molecule has 3 aliphatic rings. The Kier molecular flexibility index (Phi) is 1.56. The van der Waals surface area contributed by atoms with E-state index in [9.17, 15) is 0 Å². The van der Waals surface area contributed by atoms with E-state index in [0.717, 1.165) is 18.4 Å². The number of hydrogen-bond acceptors (Lipinski definition) is 3. The van der Waals surface area contributed by atoms with Crippen LogP contribution in [0.1, 0.15) is 19.8 Å². The average molecular weight is 180 g/mol. The molecule has 0 amide bonds. The van der Waals surface area contributed by atoms with Gasteiger partial charge in [0.05, 0.1) is 6.17 Å². The molecule has 0 N–H and O–H groups in total. The highest BCUT2D eigenvalue weighted by atomic mass is 16.5. The first-order chi connectivity index (χ1) is 6.33. The van der Waals surface area contributed by atoms with E-state index >= 15 is 0 Å². The van der Waals surface area contributed by atoms with Gasteiger partial charge in [-0.05, 0) is 25.7 Å². The second-order valence-electron chi connectivity index (χ2n) is 4.39. The lowest BCUT2D eigenvalue weighted by Crippen LogP contribution is -2.41. The summed E-state index contributed by atoms with van der Waals surface area (Å²) in [6.45, 7) is 5.40. The molecule has 3 nitrogen and oxygen atoms in total. The lowest BCUT2D eigenvalue weighted by Gasteiger charge is -2.31. The van der Waals surface area contributed by atoms with Crippen molar-refractivity contribution in [2.75, 3.05) is 19.8 Å². The van der Waals surface area contributed by atoms with Crippen LogP contribution in [0.2, 0.25) is 0 Å². The van der Waals surface area contributed by atoms with E-state index in [0.29, 0.717) is 6.17 Å². The van der Waals surface area contributed by atoms with Crippen molar-refractivity contribution in [3.8, 4) is 0 Å². The molecule has 0 aromatic rings. The van der Waals surface area contributed by atoms with Crippen LogP contribution in [0.25, 0.3) is 0 Å². The fourth-order valence-corrected chi connectivity index (χ4v) is 2.77. The highest BCUT2D eigenvalue weighted by Gasteiger charge is 2.40. The van der Waals surface area contributed by atoms with Gasteiger partial charge in [0.15, 0.2) is 6.73 Å². The van der Waals surface area contributed by atoms with E-state index in [1.807, 2.05) is 6.92 Å². The Balaban J connectivity index is 1.73. The maximum atomic E-state index is 5.45.